The summed E-state index contributed by atoms with van der Waals surface area (Å²) in [7, 11) is 0. The summed E-state index contributed by atoms with van der Waals surface area (Å²) < 4.78 is 12.6. The van der Waals surface area contributed by atoms with E-state index in [2.05, 4.69) is 15.3 Å². The molecule has 0 saturated heterocycles. The molecule has 2 rings (SSSR count). The highest BCUT2D eigenvalue weighted by molar-refractivity contribution is 5.35. The molecule has 0 fully saturated rings. The molecule has 2 heterocycles. The zero-order valence-corrected chi connectivity index (χ0v) is 8.94. The van der Waals surface area contributed by atoms with Gasteiger partial charge in [0.2, 0.25) is 0 Å². The summed E-state index contributed by atoms with van der Waals surface area (Å²) in [5.74, 6) is 0.327. The van der Waals surface area contributed by atoms with Crippen molar-refractivity contribution in [3.05, 3.63) is 53.7 Å². The first kappa shape index (κ1) is 10.5. The maximum Gasteiger partial charge on any atom is 0.141 e. The van der Waals surface area contributed by atoms with Crippen molar-refractivity contribution in [1.82, 2.24) is 9.97 Å². The van der Waals surface area contributed by atoms with E-state index in [9.17, 15) is 4.39 Å². The molecule has 0 aromatic carbocycles. The number of nitrogens with zero attached hydrogens (tertiary/aromatic N) is 2. The number of nitrogens with one attached hydrogen (secondary N) is 1. The minimum Gasteiger partial charge on any atom is -0.366 e. The molecule has 0 atom stereocenters. The van der Waals surface area contributed by atoms with Crippen LogP contribution in [0.25, 0.3) is 0 Å². The molecule has 0 bridgehead atoms. The smallest absolute Gasteiger partial charge is 0.141 e. The molecular weight excluding hydrogens is 205 g/mol. The van der Waals surface area contributed by atoms with Crippen molar-refractivity contribution in [1.29, 1.82) is 0 Å². The molecule has 0 aliphatic rings. The first-order valence-corrected chi connectivity index (χ1v) is 5.00. The summed E-state index contributed by atoms with van der Waals surface area (Å²) in [6, 6.07) is 4.95. The highest BCUT2D eigenvalue weighted by Gasteiger charge is 1.98. The molecule has 4 heteroatoms. The first-order valence-electron chi connectivity index (χ1n) is 5.00. The van der Waals surface area contributed by atoms with Crippen molar-refractivity contribution < 1.29 is 4.39 Å². The standard InChI is InChI=1S/C12H12FN3/c1-9-4-5-14-6-10(9)7-15-12-3-2-11(13)8-16-12/h2-6,8H,7H2,1H3,(H,15,16). The first-order chi connectivity index (χ1) is 7.75. The van der Waals surface area contributed by atoms with Crippen LogP contribution in [0.3, 0.4) is 0 Å². The molecule has 0 amide bonds. The molecule has 0 aliphatic heterocycles. The van der Waals surface area contributed by atoms with E-state index in [1.54, 1.807) is 12.3 Å². The molecule has 3 nitrogen and oxygen atoms in total. The van der Waals surface area contributed by atoms with Crippen LogP contribution in [-0.2, 0) is 6.54 Å². The quantitative estimate of drug-likeness (QED) is 0.858. The van der Waals surface area contributed by atoms with Crippen LogP contribution in [0.15, 0.2) is 36.8 Å². The number of halogens is 1. The number of aromatic nitrogens is 2. The van der Waals surface area contributed by atoms with Crippen LogP contribution in [0.1, 0.15) is 11.1 Å². The number of hydrogen-bond acceptors (Lipinski definition) is 3. The average molecular weight is 217 g/mol. The molecule has 0 unspecified atom stereocenters. The highest BCUT2D eigenvalue weighted by atomic mass is 19.1. The van der Waals surface area contributed by atoms with Crippen molar-refractivity contribution in [2.45, 2.75) is 13.5 Å². The maximum absolute atomic E-state index is 12.6. The van der Waals surface area contributed by atoms with Gasteiger partial charge in [-0.05, 0) is 36.2 Å². The number of anilines is 1. The fourth-order valence-electron chi connectivity index (χ4n) is 1.35. The Balaban J connectivity index is 2.02. The Labute approximate surface area is 93.4 Å². The van der Waals surface area contributed by atoms with E-state index in [0.717, 1.165) is 5.56 Å². The average Bonchev–Trinajstić information content (AvgIpc) is 2.30. The van der Waals surface area contributed by atoms with E-state index in [0.29, 0.717) is 12.4 Å². The minimum absolute atomic E-state index is 0.330. The summed E-state index contributed by atoms with van der Waals surface area (Å²) >= 11 is 0. The Kier molecular flexibility index (Phi) is 3.10. The van der Waals surface area contributed by atoms with Gasteiger partial charge >= 0.3 is 0 Å². The van der Waals surface area contributed by atoms with Gasteiger partial charge < -0.3 is 5.32 Å². The lowest BCUT2D eigenvalue weighted by atomic mass is 10.1. The molecule has 0 radical (unpaired) electrons. The predicted molar refractivity (Wildman–Crippen MR) is 60.5 cm³/mol. The van der Waals surface area contributed by atoms with Crippen molar-refractivity contribution in [2.24, 2.45) is 0 Å². The monoisotopic (exact) mass is 217 g/mol. The van der Waals surface area contributed by atoms with Crippen LogP contribution in [-0.4, -0.2) is 9.97 Å². The SMILES string of the molecule is Cc1ccncc1CNc1ccc(F)cn1. The second kappa shape index (κ2) is 4.70. The van der Waals surface area contributed by atoms with E-state index in [1.807, 2.05) is 19.2 Å². The highest BCUT2D eigenvalue weighted by Crippen LogP contribution is 2.09. The molecule has 16 heavy (non-hydrogen) atoms. The van der Waals surface area contributed by atoms with Crippen LogP contribution >= 0.6 is 0 Å². The van der Waals surface area contributed by atoms with E-state index < -0.39 is 0 Å². The van der Waals surface area contributed by atoms with E-state index in [-0.39, 0.29) is 5.82 Å². The Bertz CT molecular complexity index is 468. The van der Waals surface area contributed by atoms with Crippen LogP contribution in [0.5, 0.6) is 0 Å². The maximum atomic E-state index is 12.6. The van der Waals surface area contributed by atoms with Crippen LogP contribution in [0, 0.1) is 12.7 Å². The van der Waals surface area contributed by atoms with Crippen molar-refractivity contribution in [3.8, 4) is 0 Å². The second-order valence-corrected chi connectivity index (χ2v) is 3.52. The Morgan fingerprint density at radius 1 is 1.25 bits per heavy atom. The number of rotatable bonds is 3. The molecule has 82 valence electrons. The number of hydrogen-bond donors (Lipinski definition) is 1. The number of aryl methyl sites for hydroxylation is 1. The normalized spacial score (nSPS) is 10.1. The molecule has 0 saturated carbocycles. The molecule has 1 N–H and O–H groups in total. The van der Waals surface area contributed by atoms with Crippen LogP contribution in [0.2, 0.25) is 0 Å². The van der Waals surface area contributed by atoms with Gasteiger partial charge in [-0.15, -0.1) is 0 Å². The zero-order valence-electron chi connectivity index (χ0n) is 8.94. The van der Waals surface area contributed by atoms with Gasteiger partial charge in [-0.2, -0.15) is 0 Å². The van der Waals surface area contributed by atoms with E-state index >= 15 is 0 Å². The lowest BCUT2D eigenvalue weighted by Crippen LogP contribution is -2.03. The third kappa shape index (κ3) is 2.53. The Morgan fingerprint density at radius 2 is 2.12 bits per heavy atom. The molecule has 2 aromatic heterocycles. The summed E-state index contributed by atoms with van der Waals surface area (Å²) in [5.41, 5.74) is 2.28. The summed E-state index contributed by atoms with van der Waals surface area (Å²) in [4.78, 5) is 7.97. The Hall–Kier alpha value is -1.97. The van der Waals surface area contributed by atoms with Gasteiger partial charge in [-0.25, -0.2) is 9.37 Å². The van der Waals surface area contributed by atoms with E-state index in [4.69, 9.17) is 0 Å². The minimum atomic E-state index is -0.330. The van der Waals surface area contributed by atoms with Crippen LogP contribution in [0.4, 0.5) is 10.2 Å². The molecule has 0 spiro atoms. The van der Waals surface area contributed by atoms with Crippen molar-refractivity contribution >= 4 is 5.82 Å². The van der Waals surface area contributed by atoms with Crippen molar-refractivity contribution in [2.75, 3.05) is 5.32 Å². The summed E-state index contributed by atoms with van der Waals surface area (Å²) in [6.45, 7) is 2.66. The number of pyridine rings is 2. The molecule has 2 aromatic rings. The Morgan fingerprint density at radius 3 is 2.81 bits per heavy atom. The van der Waals surface area contributed by atoms with Gasteiger partial charge in [0, 0.05) is 18.9 Å². The molecule has 0 aliphatic carbocycles. The lowest BCUT2D eigenvalue weighted by molar-refractivity contribution is 0.621. The zero-order chi connectivity index (χ0) is 11.4. The van der Waals surface area contributed by atoms with E-state index in [1.165, 1.54) is 17.8 Å². The topological polar surface area (TPSA) is 37.8 Å². The summed E-state index contributed by atoms with van der Waals surface area (Å²) in [5, 5.41) is 3.11. The second-order valence-electron chi connectivity index (χ2n) is 3.52. The fraction of sp³-hybridized carbons (Fsp3) is 0.167. The lowest BCUT2D eigenvalue weighted by Gasteiger charge is -2.07. The van der Waals surface area contributed by atoms with Gasteiger partial charge in [0.25, 0.3) is 0 Å². The van der Waals surface area contributed by atoms with Gasteiger partial charge in [-0.1, -0.05) is 0 Å². The third-order valence-electron chi connectivity index (χ3n) is 2.33. The fourth-order valence-corrected chi connectivity index (χ4v) is 1.35. The third-order valence-corrected chi connectivity index (χ3v) is 2.33. The largest absolute Gasteiger partial charge is 0.366 e. The van der Waals surface area contributed by atoms with Crippen molar-refractivity contribution in [3.63, 3.8) is 0 Å². The van der Waals surface area contributed by atoms with Gasteiger partial charge in [0.15, 0.2) is 0 Å². The molecular formula is C12H12FN3. The van der Waals surface area contributed by atoms with Gasteiger partial charge in [-0.3, -0.25) is 4.98 Å². The summed E-state index contributed by atoms with van der Waals surface area (Å²) in [6.07, 6.45) is 4.76. The van der Waals surface area contributed by atoms with Gasteiger partial charge in [0.05, 0.1) is 6.20 Å². The predicted octanol–water partition coefficient (Wildman–Crippen LogP) is 2.54. The van der Waals surface area contributed by atoms with Gasteiger partial charge in [0.1, 0.15) is 11.6 Å². The van der Waals surface area contributed by atoms with Crippen LogP contribution < -0.4 is 5.32 Å².